The number of carbonyl (C=O) groups excluding carboxylic acids is 1. The van der Waals surface area contributed by atoms with Crippen LogP contribution in [0.25, 0.3) is 0 Å². The summed E-state index contributed by atoms with van der Waals surface area (Å²) in [5.74, 6) is 1.33. The van der Waals surface area contributed by atoms with Crippen molar-refractivity contribution in [2.24, 2.45) is 17.8 Å². The molecule has 118 valence electrons. The van der Waals surface area contributed by atoms with E-state index in [9.17, 15) is 4.79 Å². The molecule has 0 spiro atoms. The fourth-order valence-corrected chi connectivity index (χ4v) is 3.13. The summed E-state index contributed by atoms with van der Waals surface area (Å²) in [6.07, 6.45) is 3.35. The second-order valence-corrected chi connectivity index (χ2v) is 6.36. The van der Waals surface area contributed by atoms with Crippen LogP contribution in [0.4, 0.5) is 5.69 Å². The Hall–Kier alpha value is -1.55. The van der Waals surface area contributed by atoms with Gasteiger partial charge in [0.05, 0.1) is 5.56 Å². The molecule has 1 aromatic rings. The molecule has 0 aliphatic heterocycles. The summed E-state index contributed by atoms with van der Waals surface area (Å²) in [4.78, 5) is 12.3. The van der Waals surface area contributed by atoms with Gasteiger partial charge in [0.15, 0.2) is 0 Å². The Balaban J connectivity index is 0.00000220. The minimum Gasteiger partial charge on any atom is -0.458 e. The molecule has 0 aromatic heterocycles. The topological polar surface area (TPSA) is 87.3 Å². The van der Waals surface area contributed by atoms with Crippen LogP contribution >= 0.6 is 0 Å². The first-order chi connectivity index (χ1) is 9.49. The molecule has 21 heavy (non-hydrogen) atoms. The number of benzene rings is 1. The summed E-state index contributed by atoms with van der Waals surface area (Å²) in [5.41, 5.74) is 6.82. The van der Waals surface area contributed by atoms with Gasteiger partial charge in [0, 0.05) is 5.69 Å². The molecule has 1 aromatic carbocycles. The predicted octanol–water partition coefficient (Wildman–Crippen LogP) is 4.05. The maximum Gasteiger partial charge on any atom is 0.340 e. The van der Waals surface area contributed by atoms with Crippen LogP contribution in [0.15, 0.2) is 24.3 Å². The molecule has 0 saturated heterocycles. The number of para-hydroxylation sites is 1. The lowest BCUT2D eigenvalue weighted by molar-refractivity contribution is -0.0173. The summed E-state index contributed by atoms with van der Waals surface area (Å²) in [7, 11) is 0. The zero-order valence-corrected chi connectivity index (χ0v) is 13.3. The van der Waals surface area contributed by atoms with Crippen LogP contribution in [0.2, 0.25) is 0 Å². The third-order valence-corrected chi connectivity index (χ3v) is 4.40. The standard InChI is InChI=1S/C17H25NO2.H3N/c1-11(2)13-9-8-12(3)10-16(13)20-17(19)14-6-4-5-7-15(14)18;/h4-7,11-13,16H,8-10,18H2,1-3H3;1H3. The second-order valence-electron chi connectivity index (χ2n) is 6.36. The number of hydrogen-bond donors (Lipinski definition) is 2. The van der Waals surface area contributed by atoms with E-state index < -0.39 is 0 Å². The minimum absolute atomic E-state index is 0. The SMILES string of the molecule is CC1CCC(C(C)C)C(OC(=O)c2ccccc2N)C1.N. The smallest absolute Gasteiger partial charge is 0.340 e. The number of rotatable bonds is 3. The molecular formula is C17H28N2O2. The van der Waals surface area contributed by atoms with E-state index >= 15 is 0 Å². The molecule has 0 amide bonds. The third kappa shape index (κ3) is 4.21. The Morgan fingerprint density at radius 2 is 1.95 bits per heavy atom. The number of carbonyl (C=O) groups is 1. The fourth-order valence-electron chi connectivity index (χ4n) is 3.13. The van der Waals surface area contributed by atoms with Gasteiger partial charge in [-0.25, -0.2) is 4.79 Å². The van der Waals surface area contributed by atoms with E-state index in [1.165, 1.54) is 6.42 Å². The maximum atomic E-state index is 12.3. The van der Waals surface area contributed by atoms with Gasteiger partial charge in [-0.2, -0.15) is 0 Å². The molecule has 1 aliphatic rings. The largest absolute Gasteiger partial charge is 0.458 e. The van der Waals surface area contributed by atoms with Gasteiger partial charge in [-0.3, -0.25) is 0 Å². The summed E-state index contributed by atoms with van der Waals surface area (Å²) in [6.45, 7) is 6.64. The summed E-state index contributed by atoms with van der Waals surface area (Å²) < 4.78 is 5.78. The molecule has 5 N–H and O–H groups in total. The van der Waals surface area contributed by atoms with Crippen LogP contribution in [-0.4, -0.2) is 12.1 Å². The van der Waals surface area contributed by atoms with Crippen molar-refractivity contribution in [3.05, 3.63) is 29.8 Å². The van der Waals surface area contributed by atoms with Crippen molar-refractivity contribution in [3.63, 3.8) is 0 Å². The number of nitrogens with two attached hydrogens (primary N) is 1. The van der Waals surface area contributed by atoms with Crippen molar-refractivity contribution >= 4 is 11.7 Å². The van der Waals surface area contributed by atoms with Crippen molar-refractivity contribution in [2.75, 3.05) is 5.73 Å². The lowest BCUT2D eigenvalue weighted by Gasteiger charge is -2.36. The lowest BCUT2D eigenvalue weighted by Crippen LogP contribution is -2.36. The summed E-state index contributed by atoms with van der Waals surface area (Å²) in [5, 5.41) is 0. The Morgan fingerprint density at radius 1 is 1.29 bits per heavy atom. The molecule has 4 heteroatoms. The van der Waals surface area contributed by atoms with Crippen molar-refractivity contribution in [3.8, 4) is 0 Å². The molecule has 3 unspecified atom stereocenters. The highest BCUT2D eigenvalue weighted by atomic mass is 16.5. The minimum atomic E-state index is -0.284. The van der Waals surface area contributed by atoms with Crippen LogP contribution in [-0.2, 0) is 4.74 Å². The number of nitrogen functional groups attached to an aromatic ring is 1. The van der Waals surface area contributed by atoms with Gasteiger partial charge in [0.1, 0.15) is 6.10 Å². The zero-order chi connectivity index (χ0) is 14.7. The van der Waals surface area contributed by atoms with E-state index in [0.717, 1.165) is 12.8 Å². The molecule has 0 heterocycles. The first-order valence-electron chi connectivity index (χ1n) is 7.54. The van der Waals surface area contributed by atoms with Crippen molar-refractivity contribution < 1.29 is 9.53 Å². The molecule has 0 bridgehead atoms. The Bertz CT molecular complexity index is 474. The number of ether oxygens (including phenoxy) is 1. The van der Waals surface area contributed by atoms with E-state index in [1.807, 2.05) is 12.1 Å². The Labute approximate surface area is 127 Å². The van der Waals surface area contributed by atoms with Crippen LogP contribution in [0.5, 0.6) is 0 Å². The average molecular weight is 292 g/mol. The van der Waals surface area contributed by atoms with Gasteiger partial charge < -0.3 is 16.6 Å². The average Bonchev–Trinajstić information content (AvgIpc) is 2.38. The molecule has 0 radical (unpaired) electrons. The van der Waals surface area contributed by atoms with Crippen molar-refractivity contribution in [1.29, 1.82) is 0 Å². The number of esters is 1. The second kappa shape index (κ2) is 7.46. The van der Waals surface area contributed by atoms with Crippen LogP contribution in [0, 0.1) is 17.8 Å². The molecule has 2 rings (SSSR count). The van der Waals surface area contributed by atoms with E-state index in [0.29, 0.717) is 29.0 Å². The van der Waals surface area contributed by atoms with E-state index in [2.05, 4.69) is 20.8 Å². The quantitative estimate of drug-likeness (QED) is 0.650. The normalized spacial score (nSPS) is 25.2. The monoisotopic (exact) mass is 292 g/mol. The molecule has 1 fully saturated rings. The molecule has 3 atom stereocenters. The molecule has 1 aliphatic carbocycles. The maximum absolute atomic E-state index is 12.3. The number of anilines is 1. The van der Waals surface area contributed by atoms with E-state index in [-0.39, 0.29) is 18.2 Å². The molecule has 4 nitrogen and oxygen atoms in total. The van der Waals surface area contributed by atoms with Gasteiger partial charge in [-0.15, -0.1) is 0 Å². The zero-order valence-electron chi connectivity index (χ0n) is 13.3. The fraction of sp³-hybridized carbons (Fsp3) is 0.588. The van der Waals surface area contributed by atoms with Crippen molar-refractivity contribution in [2.45, 2.75) is 46.1 Å². The third-order valence-electron chi connectivity index (χ3n) is 4.40. The lowest BCUT2D eigenvalue weighted by atomic mass is 9.75. The molecular weight excluding hydrogens is 264 g/mol. The highest BCUT2D eigenvalue weighted by Gasteiger charge is 2.33. The van der Waals surface area contributed by atoms with Crippen LogP contribution in [0.1, 0.15) is 50.4 Å². The summed E-state index contributed by atoms with van der Waals surface area (Å²) in [6, 6.07) is 7.11. The first-order valence-corrected chi connectivity index (χ1v) is 7.54. The van der Waals surface area contributed by atoms with Gasteiger partial charge in [0.2, 0.25) is 0 Å². The first kappa shape index (κ1) is 17.5. The van der Waals surface area contributed by atoms with Gasteiger partial charge in [0.25, 0.3) is 0 Å². The Morgan fingerprint density at radius 3 is 2.57 bits per heavy atom. The van der Waals surface area contributed by atoms with Crippen LogP contribution < -0.4 is 11.9 Å². The molecule has 1 saturated carbocycles. The van der Waals surface area contributed by atoms with Crippen LogP contribution in [0.3, 0.4) is 0 Å². The van der Waals surface area contributed by atoms with E-state index in [4.69, 9.17) is 10.5 Å². The van der Waals surface area contributed by atoms with Gasteiger partial charge >= 0.3 is 5.97 Å². The van der Waals surface area contributed by atoms with E-state index in [1.54, 1.807) is 12.1 Å². The van der Waals surface area contributed by atoms with Gasteiger partial charge in [-0.05, 0) is 42.7 Å². The highest BCUT2D eigenvalue weighted by molar-refractivity contribution is 5.95. The number of hydrogen-bond acceptors (Lipinski definition) is 4. The van der Waals surface area contributed by atoms with Gasteiger partial charge in [-0.1, -0.05) is 39.3 Å². The Kier molecular flexibility index (Phi) is 6.21. The van der Waals surface area contributed by atoms with Crippen molar-refractivity contribution in [1.82, 2.24) is 6.15 Å². The summed E-state index contributed by atoms with van der Waals surface area (Å²) >= 11 is 0. The predicted molar refractivity (Wildman–Crippen MR) is 86.4 cm³/mol. The highest BCUT2D eigenvalue weighted by Crippen LogP contribution is 2.35.